The van der Waals surface area contributed by atoms with E-state index in [-0.39, 0.29) is 5.97 Å². The van der Waals surface area contributed by atoms with Crippen molar-refractivity contribution in [1.82, 2.24) is 0 Å². The number of hydrogen-bond donors (Lipinski definition) is 0. The van der Waals surface area contributed by atoms with Gasteiger partial charge in [-0.1, -0.05) is 33.1 Å². The maximum absolute atomic E-state index is 11.4. The number of ether oxygens (including phenoxy) is 2. The van der Waals surface area contributed by atoms with Crippen molar-refractivity contribution in [1.29, 1.82) is 0 Å². The number of carbonyl (C=O) groups is 1. The van der Waals surface area contributed by atoms with Crippen LogP contribution in [-0.4, -0.2) is 25.3 Å². The lowest BCUT2D eigenvalue weighted by Crippen LogP contribution is -2.12. The third-order valence-electron chi connectivity index (χ3n) is 3.19. The number of hydrogen-bond acceptors (Lipinski definition) is 3. The summed E-state index contributed by atoms with van der Waals surface area (Å²) in [6, 6.07) is 0. The molecule has 0 radical (unpaired) electrons. The monoisotopic (exact) mass is 228 g/mol. The van der Waals surface area contributed by atoms with E-state index < -0.39 is 0 Å². The lowest BCUT2D eigenvalue weighted by atomic mass is 10.1. The summed E-state index contributed by atoms with van der Waals surface area (Å²) in [6.07, 6.45) is 6.32. The molecular formula is C13H24O3. The van der Waals surface area contributed by atoms with Gasteiger partial charge in [0.2, 0.25) is 0 Å². The van der Waals surface area contributed by atoms with Crippen LogP contribution in [-0.2, 0) is 14.3 Å². The van der Waals surface area contributed by atoms with Crippen molar-refractivity contribution in [3.8, 4) is 0 Å². The molecule has 1 aliphatic rings. The number of carbonyl (C=O) groups excluding carboxylic acids is 1. The molecule has 1 rings (SSSR count). The van der Waals surface area contributed by atoms with Gasteiger partial charge in [-0.25, -0.2) is 0 Å². The van der Waals surface area contributed by atoms with Crippen LogP contribution in [0.2, 0.25) is 0 Å². The van der Waals surface area contributed by atoms with Crippen molar-refractivity contribution in [2.45, 2.75) is 58.5 Å². The largest absolute Gasteiger partial charge is 0.465 e. The predicted molar refractivity (Wildman–Crippen MR) is 63.2 cm³/mol. The van der Waals surface area contributed by atoms with Crippen LogP contribution in [0.4, 0.5) is 0 Å². The summed E-state index contributed by atoms with van der Waals surface area (Å²) in [7, 11) is 0. The number of esters is 1. The van der Waals surface area contributed by atoms with Crippen molar-refractivity contribution in [3.63, 3.8) is 0 Å². The summed E-state index contributed by atoms with van der Waals surface area (Å²) in [5.74, 6) is 0.493. The highest BCUT2D eigenvalue weighted by Gasteiger charge is 2.21. The fourth-order valence-electron chi connectivity index (χ4n) is 1.68. The zero-order valence-corrected chi connectivity index (χ0v) is 10.5. The molecule has 16 heavy (non-hydrogen) atoms. The summed E-state index contributed by atoms with van der Waals surface area (Å²) in [4.78, 5) is 11.4. The zero-order valence-electron chi connectivity index (χ0n) is 10.5. The third-order valence-corrected chi connectivity index (χ3v) is 3.19. The molecule has 0 aromatic carbocycles. The first-order chi connectivity index (χ1) is 7.76. The lowest BCUT2D eigenvalue weighted by molar-refractivity contribution is -0.145. The third kappa shape index (κ3) is 6.11. The van der Waals surface area contributed by atoms with Gasteiger partial charge in [-0.15, -0.1) is 0 Å². The van der Waals surface area contributed by atoms with Crippen LogP contribution >= 0.6 is 0 Å². The van der Waals surface area contributed by atoms with E-state index in [4.69, 9.17) is 9.47 Å². The van der Waals surface area contributed by atoms with Crippen molar-refractivity contribution in [3.05, 3.63) is 0 Å². The van der Waals surface area contributed by atoms with E-state index >= 15 is 0 Å². The van der Waals surface area contributed by atoms with Gasteiger partial charge < -0.3 is 9.47 Å². The summed E-state index contributed by atoms with van der Waals surface area (Å²) < 4.78 is 10.3. The van der Waals surface area contributed by atoms with E-state index in [2.05, 4.69) is 13.8 Å². The Labute approximate surface area is 98.5 Å². The second-order valence-corrected chi connectivity index (χ2v) is 4.57. The van der Waals surface area contributed by atoms with Crippen molar-refractivity contribution < 1.29 is 14.3 Å². The lowest BCUT2D eigenvalue weighted by Gasteiger charge is -2.12. The fourth-order valence-corrected chi connectivity index (χ4v) is 1.68. The molecule has 0 aliphatic carbocycles. The molecule has 0 N–H and O–H groups in total. The van der Waals surface area contributed by atoms with E-state index in [1.807, 2.05) is 0 Å². The van der Waals surface area contributed by atoms with Crippen molar-refractivity contribution in [2.24, 2.45) is 5.92 Å². The van der Waals surface area contributed by atoms with Crippen LogP contribution in [0.25, 0.3) is 0 Å². The molecule has 1 aliphatic heterocycles. The first kappa shape index (κ1) is 13.5. The Morgan fingerprint density at radius 2 is 2.06 bits per heavy atom. The first-order valence-corrected chi connectivity index (χ1v) is 6.53. The molecule has 1 unspecified atom stereocenters. The molecule has 1 atom stereocenters. The molecule has 0 saturated carbocycles. The topological polar surface area (TPSA) is 38.8 Å². The van der Waals surface area contributed by atoms with E-state index in [0.29, 0.717) is 25.0 Å². The Kier molecular flexibility index (Phi) is 6.46. The Bertz CT molecular complexity index is 195. The van der Waals surface area contributed by atoms with Crippen molar-refractivity contribution >= 4 is 5.97 Å². The quantitative estimate of drug-likeness (QED) is 0.346. The number of rotatable bonds is 9. The number of unbranched alkanes of at least 4 members (excludes halogenated alkanes) is 1. The van der Waals surface area contributed by atoms with Gasteiger partial charge in [0.1, 0.15) is 0 Å². The standard InChI is InChI=1S/C13H24O3/c1-3-11(4-2)9-16-13(14)8-6-5-7-12-10-15-12/h11-12H,3-10H2,1-2H3. The van der Waals surface area contributed by atoms with Gasteiger partial charge in [-0.05, 0) is 18.8 Å². The summed E-state index contributed by atoms with van der Waals surface area (Å²) >= 11 is 0. The maximum atomic E-state index is 11.4. The molecule has 94 valence electrons. The van der Waals surface area contributed by atoms with Gasteiger partial charge in [0.25, 0.3) is 0 Å². The highest BCUT2D eigenvalue weighted by molar-refractivity contribution is 5.69. The molecule has 0 aromatic heterocycles. The summed E-state index contributed by atoms with van der Waals surface area (Å²) in [5, 5.41) is 0. The van der Waals surface area contributed by atoms with Gasteiger partial charge in [-0.3, -0.25) is 4.79 Å². The molecule has 0 amide bonds. The van der Waals surface area contributed by atoms with Crippen LogP contribution in [0.3, 0.4) is 0 Å². The first-order valence-electron chi connectivity index (χ1n) is 6.53. The highest BCUT2D eigenvalue weighted by atomic mass is 16.6. The van der Waals surface area contributed by atoms with Crippen LogP contribution in [0.1, 0.15) is 52.4 Å². The molecule has 3 nitrogen and oxygen atoms in total. The molecular weight excluding hydrogens is 204 g/mol. The highest BCUT2D eigenvalue weighted by Crippen LogP contribution is 2.17. The van der Waals surface area contributed by atoms with Gasteiger partial charge in [0.05, 0.1) is 19.3 Å². The Morgan fingerprint density at radius 1 is 1.38 bits per heavy atom. The molecule has 1 saturated heterocycles. The molecule has 0 bridgehead atoms. The molecule has 1 fully saturated rings. The Morgan fingerprint density at radius 3 is 2.62 bits per heavy atom. The minimum atomic E-state index is -0.0383. The summed E-state index contributed by atoms with van der Waals surface area (Å²) in [6.45, 7) is 5.78. The van der Waals surface area contributed by atoms with Gasteiger partial charge >= 0.3 is 5.97 Å². The normalized spacial score (nSPS) is 18.8. The van der Waals surface area contributed by atoms with E-state index in [0.717, 1.165) is 38.7 Å². The number of epoxide rings is 1. The summed E-state index contributed by atoms with van der Waals surface area (Å²) in [5.41, 5.74) is 0. The minimum Gasteiger partial charge on any atom is -0.465 e. The Balaban J connectivity index is 1.92. The van der Waals surface area contributed by atoms with Crippen LogP contribution in [0.5, 0.6) is 0 Å². The molecule has 0 aromatic rings. The average Bonchev–Trinajstić information content (AvgIpc) is 3.10. The van der Waals surface area contributed by atoms with Gasteiger partial charge in [0.15, 0.2) is 0 Å². The molecule has 1 heterocycles. The van der Waals surface area contributed by atoms with Gasteiger partial charge in [-0.2, -0.15) is 0 Å². The Hall–Kier alpha value is -0.570. The molecule has 3 heteroatoms. The second-order valence-electron chi connectivity index (χ2n) is 4.57. The van der Waals surface area contributed by atoms with Crippen LogP contribution in [0, 0.1) is 5.92 Å². The SMILES string of the molecule is CCC(CC)COC(=O)CCCCC1CO1. The zero-order chi connectivity index (χ0) is 11.8. The van der Waals surface area contributed by atoms with Crippen LogP contribution < -0.4 is 0 Å². The second kappa shape index (κ2) is 7.66. The molecule has 0 spiro atoms. The minimum absolute atomic E-state index is 0.0383. The van der Waals surface area contributed by atoms with Crippen molar-refractivity contribution in [2.75, 3.05) is 13.2 Å². The van der Waals surface area contributed by atoms with Gasteiger partial charge in [0, 0.05) is 6.42 Å². The smallest absolute Gasteiger partial charge is 0.305 e. The van der Waals surface area contributed by atoms with E-state index in [9.17, 15) is 4.79 Å². The van der Waals surface area contributed by atoms with E-state index in [1.165, 1.54) is 0 Å². The maximum Gasteiger partial charge on any atom is 0.305 e. The average molecular weight is 228 g/mol. The fraction of sp³-hybridized carbons (Fsp3) is 0.923. The predicted octanol–water partition coefficient (Wildman–Crippen LogP) is 2.93. The van der Waals surface area contributed by atoms with Crippen LogP contribution in [0.15, 0.2) is 0 Å². The van der Waals surface area contributed by atoms with E-state index in [1.54, 1.807) is 0 Å².